The number of rotatable bonds is 4. The van der Waals surface area contributed by atoms with Gasteiger partial charge in [0.15, 0.2) is 0 Å². The first-order valence-corrected chi connectivity index (χ1v) is 4.86. The van der Waals surface area contributed by atoms with E-state index in [9.17, 15) is 10.1 Å². The molecule has 1 aromatic carbocycles. The first kappa shape index (κ1) is 11.0. The van der Waals surface area contributed by atoms with Gasteiger partial charge in [0.05, 0.1) is 4.92 Å². The van der Waals surface area contributed by atoms with Crippen molar-refractivity contribution >= 4 is 11.6 Å². The van der Waals surface area contributed by atoms with E-state index >= 15 is 0 Å². The number of aromatic nitrogens is 4. The molecule has 0 aliphatic carbocycles. The largest absolute Gasteiger partial charge is 0.349 e. The second kappa shape index (κ2) is 4.56. The van der Waals surface area contributed by atoms with Crippen LogP contribution in [0.2, 0.25) is 0 Å². The van der Waals surface area contributed by atoms with Crippen LogP contribution in [0.15, 0.2) is 24.3 Å². The van der Waals surface area contributed by atoms with E-state index in [4.69, 9.17) is 0 Å². The Kier molecular flexibility index (Phi) is 2.95. The zero-order valence-electron chi connectivity index (χ0n) is 9.07. The molecule has 0 bridgehead atoms. The number of non-ortho nitro benzene ring substituents is 1. The monoisotopic (exact) mass is 234 g/mol. The summed E-state index contributed by atoms with van der Waals surface area (Å²) in [5, 5.41) is 24.4. The van der Waals surface area contributed by atoms with Crippen molar-refractivity contribution in [3.8, 4) is 0 Å². The fourth-order valence-electron chi connectivity index (χ4n) is 1.30. The number of benzene rings is 1. The molecule has 8 nitrogen and oxygen atoms in total. The highest BCUT2D eigenvalue weighted by Gasteiger charge is 2.05. The van der Waals surface area contributed by atoms with Crippen LogP contribution in [-0.4, -0.2) is 25.1 Å². The van der Waals surface area contributed by atoms with E-state index in [1.165, 1.54) is 16.8 Å². The lowest BCUT2D eigenvalue weighted by molar-refractivity contribution is -0.384. The lowest BCUT2D eigenvalue weighted by atomic mass is 10.2. The molecule has 17 heavy (non-hydrogen) atoms. The van der Waals surface area contributed by atoms with E-state index in [-0.39, 0.29) is 5.69 Å². The number of nitro benzene ring substituents is 1. The number of hydrogen-bond acceptors (Lipinski definition) is 6. The van der Waals surface area contributed by atoms with Crippen LogP contribution in [0.25, 0.3) is 0 Å². The van der Waals surface area contributed by atoms with Crippen molar-refractivity contribution in [2.75, 3.05) is 5.32 Å². The smallest absolute Gasteiger partial charge is 0.269 e. The number of tetrazole rings is 1. The van der Waals surface area contributed by atoms with Gasteiger partial charge in [0.1, 0.15) is 0 Å². The number of anilines is 1. The summed E-state index contributed by atoms with van der Waals surface area (Å²) < 4.78 is 1.51. The molecule has 2 rings (SSSR count). The summed E-state index contributed by atoms with van der Waals surface area (Å²) in [5.74, 6) is 0.545. The van der Waals surface area contributed by atoms with Crippen LogP contribution in [0, 0.1) is 10.1 Å². The molecule has 0 unspecified atom stereocenters. The zero-order chi connectivity index (χ0) is 12.3. The summed E-state index contributed by atoms with van der Waals surface area (Å²) in [5.41, 5.74) is 0.993. The molecule has 2 aromatic rings. The minimum Gasteiger partial charge on any atom is -0.349 e. The molecule has 0 radical (unpaired) electrons. The minimum atomic E-state index is -0.427. The standard InChI is InChI=1S/C9H10N6O2/c1-14-9(11-12-13-14)10-6-7-2-4-8(5-3-7)15(16)17/h2-5H,6H2,1H3,(H,10,11,13). The van der Waals surface area contributed by atoms with Crippen LogP contribution in [0.4, 0.5) is 11.6 Å². The van der Waals surface area contributed by atoms with Crippen molar-refractivity contribution in [3.63, 3.8) is 0 Å². The van der Waals surface area contributed by atoms with Crippen molar-refractivity contribution in [3.05, 3.63) is 39.9 Å². The molecule has 1 heterocycles. The number of hydrogen-bond donors (Lipinski definition) is 1. The van der Waals surface area contributed by atoms with Gasteiger partial charge in [-0.15, -0.1) is 0 Å². The van der Waals surface area contributed by atoms with Crippen molar-refractivity contribution in [1.82, 2.24) is 20.2 Å². The van der Waals surface area contributed by atoms with Gasteiger partial charge in [-0.25, -0.2) is 4.68 Å². The number of nitro groups is 1. The number of nitrogens with one attached hydrogen (secondary N) is 1. The van der Waals surface area contributed by atoms with Crippen LogP contribution in [-0.2, 0) is 13.6 Å². The van der Waals surface area contributed by atoms with E-state index in [1.807, 2.05) is 0 Å². The summed E-state index contributed by atoms with van der Waals surface area (Å²) in [6.45, 7) is 0.506. The molecule has 0 amide bonds. The fraction of sp³-hybridized carbons (Fsp3) is 0.222. The average Bonchev–Trinajstić information content (AvgIpc) is 2.73. The Labute approximate surface area is 96.4 Å². The van der Waals surface area contributed by atoms with Gasteiger partial charge in [-0.1, -0.05) is 17.2 Å². The molecule has 0 spiro atoms. The predicted molar refractivity (Wildman–Crippen MR) is 59.2 cm³/mol. The van der Waals surface area contributed by atoms with E-state index in [0.717, 1.165) is 5.56 Å². The third-order valence-electron chi connectivity index (χ3n) is 2.22. The van der Waals surface area contributed by atoms with Crippen molar-refractivity contribution in [1.29, 1.82) is 0 Å². The quantitative estimate of drug-likeness (QED) is 0.618. The Balaban J connectivity index is 2.00. The Hall–Kier alpha value is -2.51. The van der Waals surface area contributed by atoms with Crippen LogP contribution in [0.3, 0.4) is 0 Å². The fourth-order valence-corrected chi connectivity index (χ4v) is 1.30. The van der Waals surface area contributed by atoms with E-state index in [2.05, 4.69) is 20.8 Å². The van der Waals surface area contributed by atoms with E-state index < -0.39 is 4.92 Å². The molecule has 1 N–H and O–H groups in total. The molecule has 0 aliphatic rings. The first-order chi connectivity index (χ1) is 8.16. The summed E-state index contributed by atoms with van der Waals surface area (Å²) >= 11 is 0. The highest BCUT2D eigenvalue weighted by Crippen LogP contribution is 2.12. The first-order valence-electron chi connectivity index (χ1n) is 4.86. The van der Waals surface area contributed by atoms with Gasteiger partial charge in [-0.3, -0.25) is 10.1 Å². The molecule has 0 saturated carbocycles. The van der Waals surface area contributed by atoms with Crippen LogP contribution in [0.1, 0.15) is 5.56 Å². The maximum atomic E-state index is 10.5. The van der Waals surface area contributed by atoms with Crippen molar-refractivity contribution in [2.24, 2.45) is 7.05 Å². The Morgan fingerprint density at radius 2 is 2.12 bits per heavy atom. The van der Waals surface area contributed by atoms with Gasteiger partial charge in [0, 0.05) is 25.7 Å². The molecule has 0 fully saturated rings. The molecular weight excluding hydrogens is 224 g/mol. The van der Waals surface area contributed by atoms with E-state index in [1.54, 1.807) is 19.2 Å². The molecule has 0 aliphatic heterocycles. The third-order valence-corrected chi connectivity index (χ3v) is 2.22. The van der Waals surface area contributed by atoms with Crippen LogP contribution in [0.5, 0.6) is 0 Å². The van der Waals surface area contributed by atoms with Crippen molar-refractivity contribution < 1.29 is 4.92 Å². The number of aryl methyl sites for hydroxylation is 1. The summed E-state index contributed by atoms with van der Waals surface area (Å²) in [7, 11) is 1.72. The van der Waals surface area contributed by atoms with Gasteiger partial charge in [-0.05, 0) is 16.0 Å². The van der Waals surface area contributed by atoms with Gasteiger partial charge >= 0.3 is 0 Å². The topological polar surface area (TPSA) is 98.8 Å². The Morgan fingerprint density at radius 1 is 1.41 bits per heavy atom. The highest BCUT2D eigenvalue weighted by atomic mass is 16.6. The maximum absolute atomic E-state index is 10.5. The number of nitrogens with zero attached hydrogens (tertiary/aromatic N) is 5. The Morgan fingerprint density at radius 3 is 2.65 bits per heavy atom. The third kappa shape index (κ3) is 2.54. The lowest BCUT2D eigenvalue weighted by Gasteiger charge is -2.03. The summed E-state index contributed by atoms with van der Waals surface area (Å²) in [6, 6.07) is 6.31. The SMILES string of the molecule is Cn1nnnc1NCc1ccc([N+](=O)[O-])cc1. The van der Waals surface area contributed by atoms with Gasteiger partial charge in [-0.2, -0.15) is 0 Å². The van der Waals surface area contributed by atoms with Gasteiger partial charge in [0.2, 0.25) is 5.95 Å². The normalized spacial score (nSPS) is 10.2. The lowest BCUT2D eigenvalue weighted by Crippen LogP contribution is -2.05. The van der Waals surface area contributed by atoms with Crippen LogP contribution >= 0.6 is 0 Å². The highest BCUT2D eigenvalue weighted by molar-refractivity contribution is 5.34. The minimum absolute atomic E-state index is 0.0778. The molecule has 8 heteroatoms. The van der Waals surface area contributed by atoms with E-state index in [0.29, 0.717) is 12.5 Å². The summed E-state index contributed by atoms with van der Waals surface area (Å²) in [4.78, 5) is 10.0. The second-order valence-electron chi connectivity index (χ2n) is 3.40. The maximum Gasteiger partial charge on any atom is 0.269 e. The molecular formula is C9H10N6O2. The molecule has 1 aromatic heterocycles. The molecule has 88 valence electrons. The van der Waals surface area contributed by atoms with Gasteiger partial charge < -0.3 is 5.32 Å². The Bertz CT molecular complexity index is 521. The summed E-state index contributed by atoms with van der Waals surface area (Å²) in [6.07, 6.45) is 0. The molecule has 0 atom stereocenters. The average molecular weight is 234 g/mol. The second-order valence-corrected chi connectivity index (χ2v) is 3.40. The molecule has 0 saturated heterocycles. The van der Waals surface area contributed by atoms with Crippen molar-refractivity contribution in [2.45, 2.75) is 6.54 Å². The van der Waals surface area contributed by atoms with Gasteiger partial charge in [0.25, 0.3) is 5.69 Å². The zero-order valence-corrected chi connectivity index (χ0v) is 9.07. The van der Waals surface area contributed by atoms with Crippen LogP contribution < -0.4 is 5.32 Å². The predicted octanol–water partition coefficient (Wildman–Crippen LogP) is 0.730.